The molecule has 8 nitrogen and oxygen atoms in total. The first-order valence-electron chi connectivity index (χ1n) is 8.51. The van der Waals surface area contributed by atoms with Crippen LogP contribution in [0, 0.1) is 15.9 Å². The maximum Gasteiger partial charge on any atom is 0.269 e. The number of sulfonamides is 1. The number of rotatable bonds is 10. The highest BCUT2D eigenvalue weighted by Crippen LogP contribution is 2.15. The first-order valence-corrected chi connectivity index (χ1v) is 11.4. The van der Waals surface area contributed by atoms with Crippen LogP contribution in [-0.4, -0.2) is 37.3 Å². The van der Waals surface area contributed by atoms with Crippen LogP contribution in [0.1, 0.15) is 12.0 Å². The zero-order valence-electron chi connectivity index (χ0n) is 15.5. The summed E-state index contributed by atoms with van der Waals surface area (Å²) < 4.78 is 41.1. The molecule has 1 unspecified atom stereocenters. The number of nitrogens with one attached hydrogen (secondary N) is 2. The largest absolute Gasteiger partial charge is 0.351 e. The van der Waals surface area contributed by atoms with Crippen molar-refractivity contribution in [2.24, 2.45) is 0 Å². The van der Waals surface area contributed by atoms with Crippen molar-refractivity contribution in [1.29, 1.82) is 0 Å². The van der Waals surface area contributed by atoms with Crippen LogP contribution in [0.3, 0.4) is 0 Å². The molecule has 2 N–H and O–H groups in total. The number of halogens is 1. The van der Waals surface area contributed by atoms with E-state index in [4.69, 9.17) is 0 Å². The Balaban J connectivity index is 2.09. The molecule has 0 fully saturated rings. The zero-order chi connectivity index (χ0) is 21.4. The highest BCUT2D eigenvalue weighted by Gasteiger charge is 2.27. The third kappa shape index (κ3) is 6.51. The van der Waals surface area contributed by atoms with Gasteiger partial charge in [-0.25, -0.2) is 12.8 Å². The predicted octanol–water partition coefficient (Wildman–Crippen LogP) is 2.45. The lowest BCUT2D eigenvalue weighted by molar-refractivity contribution is -0.384. The van der Waals surface area contributed by atoms with E-state index in [1.54, 1.807) is 0 Å². The SMILES string of the molecule is CSCCC(NS(=O)(=O)c1ccccc1F)C(=O)NCc1ccc([N+](=O)[O-])cc1. The number of carbonyl (C=O) groups is 1. The molecule has 0 heterocycles. The minimum absolute atomic E-state index is 0.0635. The third-order valence-corrected chi connectivity index (χ3v) is 6.11. The molecule has 0 aliphatic rings. The Morgan fingerprint density at radius 2 is 1.86 bits per heavy atom. The van der Waals surface area contributed by atoms with E-state index in [9.17, 15) is 27.7 Å². The van der Waals surface area contributed by atoms with Gasteiger partial charge in [0, 0.05) is 18.7 Å². The monoisotopic (exact) mass is 441 g/mol. The van der Waals surface area contributed by atoms with Gasteiger partial charge in [0.1, 0.15) is 16.8 Å². The van der Waals surface area contributed by atoms with Crippen LogP contribution in [0.15, 0.2) is 53.4 Å². The number of hydrogen-bond donors (Lipinski definition) is 2. The first-order chi connectivity index (χ1) is 13.7. The summed E-state index contributed by atoms with van der Waals surface area (Å²) in [7, 11) is -4.23. The second-order valence-electron chi connectivity index (χ2n) is 6.03. The number of nitro benzene ring substituents is 1. The van der Waals surface area contributed by atoms with E-state index in [1.807, 2.05) is 6.26 Å². The number of benzene rings is 2. The number of hydrogen-bond acceptors (Lipinski definition) is 6. The standard InChI is InChI=1S/C18H20FN3O5S2/c1-28-11-10-16(21-29(26,27)17-5-3-2-4-15(17)19)18(23)20-12-13-6-8-14(9-7-13)22(24)25/h2-9,16,21H,10-12H2,1H3,(H,20,23). The number of carbonyl (C=O) groups excluding carboxylic acids is 1. The van der Waals surface area contributed by atoms with Crippen molar-refractivity contribution >= 4 is 33.4 Å². The summed E-state index contributed by atoms with van der Waals surface area (Å²) >= 11 is 1.44. The molecule has 29 heavy (non-hydrogen) atoms. The number of non-ortho nitro benzene ring substituents is 1. The Bertz CT molecular complexity index is 968. The fourth-order valence-electron chi connectivity index (χ4n) is 2.44. The van der Waals surface area contributed by atoms with Crippen LogP contribution in [0.4, 0.5) is 10.1 Å². The maximum absolute atomic E-state index is 13.9. The van der Waals surface area contributed by atoms with Gasteiger partial charge in [0.05, 0.1) is 4.92 Å². The van der Waals surface area contributed by atoms with Crippen LogP contribution < -0.4 is 10.0 Å². The van der Waals surface area contributed by atoms with Gasteiger partial charge in [-0.3, -0.25) is 14.9 Å². The van der Waals surface area contributed by atoms with E-state index < -0.39 is 37.6 Å². The van der Waals surface area contributed by atoms with E-state index in [0.29, 0.717) is 11.3 Å². The molecule has 1 atom stereocenters. The fraction of sp³-hybridized carbons (Fsp3) is 0.278. The minimum atomic E-state index is -4.23. The van der Waals surface area contributed by atoms with Gasteiger partial charge in [-0.05, 0) is 36.1 Å². The molecule has 0 aliphatic heterocycles. The predicted molar refractivity (Wildman–Crippen MR) is 108 cm³/mol. The van der Waals surface area contributed by atoms with Crippen LogP contribution in [0.5, 0.6) is 0 Å². The number of amides is 1. The lowest BCUT2D eigenvalue weighted by atomic mass is 10.2. The molecule has 2 rings (SSSR count). The molecule has 0 radical (unpaired) electrons. The summed E-state index contributed by atoms with van der Waals surface area (Å²) in [6, 6.07) is 9.45. The molecule has 2 aromatic carbocycles. The van der Waals surface area contributed by atoms with E-state index >= 15 is 0 Å². The van der Waals surface area contributed by atoms with Gasteiger partial charge < -0.3 is 5.32 Å². The van der Waals surface area contributed by atoms with Crippen molar-refractivity contribution in [3.05, 3.63) is 70.0 Å². The molecule has 0 saturated carbocycles. The Morgan fingerprint density at radius 1 is 1.21 bits per heavy atom. The van der Waals surface area contributed by atoms with Gasteiger partial charge in [-0.1, -0.05) is 24.3 Å². The Labute approximate surface area is 172 Å². The zero-order valence-corrected chi connectivity index (χ0v) is 17.1. The minimum Gasteiger partial charge on any atom is -0.351 e. The molecule has 0 aromatic heterocycles. The maximum atomic E-state index is 13.9. The molecule has 0 spiro atoms. The first kappa shape index (κ1) is 22.8. The molecular weight excluding hydrogens is 421 g/mol. The van der Waals surface area contributed by atoms with Crippen molar-refractivity contribution in [2.45, 2.75) is 23.9 Å². The third-order valence-electron chi connectivity index (χ3n) is 3.96. The van der Waals surface area contributed by atoms with Crippen molar-refractivity contribution in [3.8, 4) is 0 Å². The molecule has 0 bridgehead atoms. The fourth-order valence-corrected chi connectivity index (χ4v) is 4.22. The molecule has 2 aromatic rings. The topological polar surface area (TPSA) is 118 Å². The van der Waals surface area contributed by atoms with Crippen molar-refractivity contribution in [2.75, 3.05) is 12.0 Å². The van der Waals surface area contributed by atoms with Crippen LogP contribution in [-0.2, 0) is 21.4 Å². The molecule has 156 valence electrons. The van der Waals surface area contributed by atoms with Gasteiger partial charge in [-0.2, -0.15) is 16.5 Å². The van der Waals surface area contributed by atoms with Crippen LogP contribution in [0.2, 0.25) is 0 Å². The normalized spacial score (nSPS) is 12.3. The van der Waals surface area contributed by atoms with Gasteiger partial charge in [-0.15, -0.1) is 0 Å². The molecule has 0 aliphatic carbocycles. The summed E-state index contributed by atoms with van der Waals surface area (Å²) in [5.74, 6) is -0.970. The highest BCUT2D eigenvalue weighted by atomic mass is 32.2. The van der Waals surface area contributed by atoms with E-state index in [0.717, 1.165) is 12.1 Å². The van der Waals surface area contributed by atoms with Gasteiger partial charge >= 0.3 is 0 Å². The lowest BCUT2D eigenvalue weighted by Gasteiger charge is -2.18. The second-order valence-corrected chi connectivity index (χ2v) is 8.70. The van der Waals surface area contributed by atoms with Crippen LogP contribution >= 0.6 is 11.8 Å². The number of thioether (sulfide) groups is 1. The molecule has 11 heteroatoms. The van der Waals surface area contributed by atoms with Gasteiger partial charge in [0.15, 0.2) is 0 Å². The second kappa shape index (κ2) is 10.3. The smallest absolute Gasteiger partial charge is 0.269 e. The summed E-state index contributed by atoms with van der Waals surface area (Å²) in [5, 5.41) is 13.3. The Hall–Kier alpha value is -2.50. The van der Waals surface area contributed by atoms with Crippen molar-refractivity contribution in [3.63, 3.8) is 0 Å². The number of nitrogens with zero attached hydrogens (tertiary/aromatic N) is 1. The summed E-state index contributed by atoms with van der Waals surface area (Å²) in [6.45, 7) is 0.0635. The van der Waals surface area contributed by atoms with E-state index in [1.165, 1.54) is 48.2 Å². The summed E-state index contributed by atoms with van der Waals surface area (Å²) in [6.07, 6.45) is 2.03. The summed E-state index contributed by atoms with van der Waals surface area (Å²) in [5.41, 5.74) is 0.542. The molecular formula is C18H20FN3O5S2. The van der Waals surface area contributed by atoms with E-state index in [2.05, 4.69) is 10.0 Å². The molecule has 1 amide bonds. The van der Waals surface area contributed by atoms with Crippen molar-refractivity contribution < 1.29 is 22.5 Å². The average molecular weight is 442 g/mol. The van der Waals surface area contributed by atoms with Gasteiger partial charge in [0.2, 0.25) is 15.9 Å². The number of nitro groups is 1. The Kier molecular flexibility index (Phi) is 8.11. The average Bonchev–Trinajstić information content (AvgIpc) is 2.69. The lowest BCUT2D eigenvalue weighted by Crippen LogP contribution is -2.46. The van der Waals surface area contributed by atoms with Gasteiger partial charge in [0.25, 0.3) is 5.69 Å². The van der Waals surface area contributed by atoms with Crippen molar-refractivity contribution in [1.82, 2.24) is 10.0 Å². The quantitative estimate of drug-likeness (QED) is 0.432. The summed E-state index contributed by atoms with van der Waals surface area (Å²) in [4.78, 5) is 22.2. The van der Waals surface area contributed by atoms with Crippen LogP contribution in [0.25, 0.3) is 0 Å². The Morgan fingerprint density at radius 3 is 2.45 bits per heavy atom. The van der Waals surface area contributed by atoms with E-state index in [-0.39, 0.29) is 18.7 Å². The highest BCUT2D eigenvalue weighted by molar-refractivity contribution is 7.98. The molecule has 0 saturated heterocycles.